The molecular weight excluding hydrogens is 504 g/mol. The van der Waals surface area contributed by atoms with Crippen molar-refractivity contribution in [1.29, 1.82) is 0 Å². The lowest BCUT2D eigenvalue weighted by Gasteiger charge is -2.33. The second-order valence-corrected chi connectivity index (χ2v) is 12.2. The molecule has 1 unspecified atom stereocenters. The number of H-pyrrole nitrogens is 1. The maximum absolute atomic E-state index is 13.8. The lowest BCUT2D eigenvalue weighted by Crippen LogP contribution is -2.41. The average molecular weight is 529 g/mol. The van der Waals surface area contributed by atoms with Crippen LogP contribution in [-0.2, 0) is 10.0 Å². The molecule has 6 nitrogen and oxygen atoms in total. The summed E-state index contributed by atoms with van der Waals surface area (Å²) >= 11 is 3.55. The first-order chi connectivity index (χ1) is 15.7. The van der Waals surface area contributed by atoms with Crippen molar-refractivity contribution in [3.8, 4) is 5.75 Å². The molecule has 172 valence electrons. The highest BCUT2D eigenvalue weighted by molar-refractivity contribution is 9.10. The molecule has 0 radical (unpaired) electrons. The van der Waals surface area contributed by atoms with E-state index in [2.05, 4.69) is 20.9 Å². The van der Waals surface area contributed by atoms with Crippen LogP contribution >= 0.6 is 15.9 Å². The number of nitrogens with one attached hydrogen (secondary N) is 1. The minimum Gasteiger partial charge on any atom is -0.493 e. The average Bonchev–Trinajstić information content (AvgIpc) is 3.50. The van der Waals surface area contributed by atoms with Gasteiger partial charge in [0.1, 0.15) is 16.0 Å². The number of fused-ring (bicyclic) bond motifs is 1. The second-order valence-electron chi connectivity index (χ2n) is 9.04. The summed E-state index contributed by atoms with van der Waals surface area (Å²) in [6.45, 7) is 4.25. The molecule has 1 saturated carbocycles. The van der Waals surface area contributed by atoms with Gasteiger partial charge in [0.2, 0.25) is 10.0 Å². The zero-order chi connectivity index (χ0) is 23.4. The maximum atomic E-state index is 13.8. The van der Waals surface area contributed by atoms with Crippen LogP contribution in [0.15, 0.2) is 69.7 Å². The number of aromatic amines is 1. The Balaban J connectivity index is 1.52. The first-order valence-corrected chi connectivity index (χ1v) is 13.2. The molecule has 0 bridgehead atoms. The molecular formula is C25H25BrN2O4S. The molecule has 5 rings (SSSR count). The highest BCUT2D eigenvalue weighted by Gasteiger charge is 2.43. The Morgan fingerprint density at radius 1 is 1.24 bits per heavy atom. The summed E-state index contributed by atoms with van der Waals surface area (Å²) in [6.07, 6.45) is 9.55. The van der Waals surface area contributed by atoms with Crippen LogP contribution in [0.1, 0.15) is 38.7 Å². The summed E-state index contributed by atoms with van der Waals surface area (Å²) in [7, 11) is -3.91. The monoisotopic (exact) mass is 528 g/mol. The van der Waals surface area contributed by atoms with Crippen LogP contribution in [0.5, 0.6) is 5.75 Å². The SMILES string of the molecule is CC1=CC(c2cc(Br)ccc2OCC2CC2)=CCC1(C)S(=O)(=O)n1ccc2cc[nH]c(=O)c21. The third kappa shape index (κ3) is 3.79. The largest absolute Gasteiger partial charge is 0.493 e. The van der Waals surface area contributed by atoms with Crippen molar-refractivity contribution in [2.24, 2.45) is 5.92 Å². The van der Waals surface area contributed by atoms with E-state index in [1.807, 2.05) is 37.3 Å². The molecule has 0 aliphatic heterocycles. The number of nitrogens with zero attached hydrogens (tertiary/aromatic N) is 1. The summed E-state index contributed by atoms with van der Waals surface area (Å²) < 4.78 is 34.6. The Morgan fingerprint density at radius 2 is 2.03 bits per heavy atom. The molecule has 2 aliphatic carbocycles. The molecule has 1 N–H and O–H groups in total. The van der Waals surface area contributed by atoms with Crippen LogP contribution in [0.3, 0.4) is 0 Å². The van der Waals surface area contributed by atoms with Gasteiger partial charge in [0.25, 0.3) is 5.56 Å². The van der Waals surface area contributed by atoms with Crippen LogP contribution in [0.4, 0.5) is 0 Å². The van der Waals surface area contributed by atoms with E-state index >= 15 is 0 Å². The van der Waals surface area contributed by atoms with Crippen molar-refractivity contribution in [3.63, 3.8) is 0 Å². The molecule has 1 aromatic carbocycles. The van der Waals surface area contributed by atoms with Crippen LogP contribution in [0, 0.1) is 5.92 Å². The van der Waals surface area contributed by atoms with Crippen LogP contribution < -0.4 is 10.3 Å². The summed E-state index contributed by atoms with van der Waals surface area (Å²) in [5.74, 6) is 1.43. The van der Waals surface area contributed by atoms with Crippen molar-refractivity contribution in [1.82, 2.24) is 8.96 Å². The number of halogens is 1. The van der Waals surface area contributed by atoms with Crippen LogP contribution in [0.25, 0.3) is 16.5 Å². The van der Waals surface area contributed by atoms with E-state index in [1.54, 1.807) is 19.1 Å². The first-order valence-electron chi connectivity index (χ1n) is 11.0. The van der Waals surface area contributed by atoms with Crippen molar-refractivity contribution in [3.05, 3.63) is 80.8 Å². The van der Waals surface area contributed by atoms with Gasteiger partial charge >= 0.3 is 0 Å². The lowest BCUT2D eigenvalue weighted by atomic mass is 9.87. The van der Waals surface area contributed by atoms with Gasteiger partial charge in [-0.1, -0.05) is 28.1 Å². The fourth-order valence-electron chi connectivity index (χ4n) is 4.24. The Bertz CT molecular complexity index is 1480. The molecule has 2 heterocycles. The second kappa shape index (κ2) is 8.02. The third-order valence-corrected chi connectivity index (χ3v) is 9.69. The van der Waals surface area contributed by atoms with Gasteiger partial charge in [-0.2, -0.15) is 0 Å². The van der Waals surface area contributed by atoms with Gasteiger partial charge in [-0.3, -0.25) is 4.79 Å². The Kier molecular flexibility index (Phi) is 5.40. The minimum atomic E-state index is -3.91. The molecule has 8 heteroatoms. The summed E-state index contributed by atoms with van der Waals surface area (Å²) in [4.78, 5) is 15.0. The Labute approximate surface area is 201 Å². The molecule has 1 fully saturated rings. The zero-order valence-corrected chi connectivity index (χ0v) is 20.9. The number of benzene rings is 1. The van der Waals surface area contributed by atoms with Crippen molar-refractivity contribution < 1.29 is 13.2 Å². The van der Waals surface area contributed by atoms with Gasteiger partial charge in [-0.25, -0.2) is 12.4 Å². The normalized spacial score (nSPS) is 21.1. The number of allylic oxidation sites excluding steroid dienone is 3. The third-order valence-electron chi connectivity index (χ3n) is 6.75. The summed E-state index contributed by atoms with van der Waals surface area (Å²) in [5, 5.41) is 0.589. The minimum absolute atomic E-state index is 0.143. The quantitative estimate of drug-likeness (QED) is 0.473. The fourth-order valence-corrected chi connectivity index (χ4v) is 6.44. The first kappa shape index (κ1) is 22.2. The van der Waals surface area contributed by atoms with Gasteiger partial charge in [0, 0.05) is 27.8 Å². The highest BCUT2D eigenvalue weighted by Crippen LogP contribution is 2.42. The zero-order valence-electron chi connectivity index (χ0n) is 18.5. The highest BCUT2D eigenvalue weighted by atomic mass is 79.9. The van der Waals surface area contributed by atoms with E-state index in [-0.39, 0.29) is 11.9 Å². The van der Waals surface area contributed by atoms with E-state index in [1.165, 1.54) is 25.2 Å². The predicted molar refractivity (Wildman–Crippen MR) is 134 cm³/mol. The smallest absolute Gasteiger partial charge is 0.273 e. The van der Waals surface area contributed by atoms with E-state index < -0.39 is 20.3 Å². The molecule has 0 saturated heterocycles. The maximum Gasteiger partial charge on any atom is 0.273 e. The van der Waals surface area contributed by atoms with Crippen LogP contribution in [-0.4, -0.2) is 28.7 Å². The van der Waals surface area contributed by atoms with E-state index in [0.29, 0.717) is 23.5 Å². The standard InChI is InChI=1S/C25H25BrN2O4S/c1-16-13-19(21-14-20(26)5-6-22(21)32-15-17-3-4-17)7-10-25(16,2)33(30,31)28-12-9-18-8-11-27-24(29)23(18)28/h5-9,11-14,17H,3-4,10,15H2,1-2H3,(H,27,29). The topological polar surface area (TPSA) is 81.2 Å². The van der Waals surface area contributed by atoms with E-state index in [4.69, 9.17) is 4.74 Å². The lowest BCUT2D eigenvalue weighted by molar-refractivity contribution is 0.299. The number of rotatable bonds is 6. The van der Waals surface area contributed by atoms with Crippen molar-refractivity contribution in [2.45, 2.75) is 37.9 Å². The predicted octanol–water partition coefficient (Wildman–Crippen LogP) is 5.25. The molecule has 0 spiro atoms. The van der Waals surface area contributed by atoms with E-state index in [9.17, 15) is 13.2 Å². The number of ether oxygens (including phenoxy) is 1. The molecule has 2 aliphatic rings. The van der Waals surface area contributed by atoms with Gasteiger partial charge in [-0.15, -0.1) is 0 Å². The van der Waals surface area contributed by atoms with Gasteiger partial charge in [-0.05, 0) is 80.5 Å². The molecule has 2 aromatic heterocycles. The number of hydrogen-bond acceptors (Lipinski definition) is 4. The number of pyridine rings is 1. The summed E-state index contributed by atoms with van der Waals surface area (Å²) in [6, 6.07) is 9.26. The van der Waals surface area contributed by atoms with Gasteiger partial charge < -0.3 is 9.72 Å². The Morgan fingerprint density at radius 3 is 2.76 bits per heavy atom. The number of hydrogen-bond donors (Lipinski definition) is 1. The molecule has 3 aromatic rings. The van der Waals surface area contributed by atoms with Crippen molar-refractivity contribution >= 4 is 42.4 Å². The Hall–Kier alpha value is -2.58. The molecule has 33 heavy (non-hydrogen) atoms. The summed E-state index contributed by atoms with van der Waals surface area (Å²) in [5.41, 5.74) is 2.30. The fraction of sp³-hybridized carbons (Fsp3) is 0.320. The molecule has 1 atom stereocenters. The van der Waals surface area contributed by atoms with Gasteiger partial charge in [0.15, 0.2) is 0 Å². The number of aromatic nitrogens is 2. The van der Waals surface area contributed by atoms with Gasteiger partial charge in [0.05, 0.1) is 6.61 Å². The van der Waals surface area contributed by atoms with Crippen LogP contribution in [0.2, 0.25) is 0 Å². The molecule has 0 amide bonds. The van der Waals surface area contributed by atoms with Crippen molar-refractivity contribution in [2.75, 3.05) is 6.61 Å². The van der Waals surface area contributed by atoms with E-state index in [0.717, 1.165) is 25.3 Å².